The summed E-state index contributed by atoms with van der Waals surface area (Å²) in [6.07, 6.45) is 3.05. The van der Waals surface area contributed by atoms with Gasteiger partial charge in [-0.25, -0.2) is 4.98 Å². The molecule has 1 atom stereocenters. The molecule has 1 aliphatic rings. The van der Waals surface area contributed by atoms with Gasteiger partial charge < -0.3 is 9.64 Å². The number of hydrogen-bond acceptors (Lipinski definition) is 5. The minimum absolute atomic E-state index is 0.129. The molecule has 0 bridgehead atoms. The van der Waals surface area contributed by atoms with Crippen molar-refractivity contribution in [3.8, 4) is 11.3 Å². The van der Waals surface area contributed by atoms with Gasteiger partial charge in [0.2, 0.25) is 5.95 Å². The van der Waals surface area contributed by atoms with Crippen LogP contribution in [0.1, 0.15) is 11.7 Å². The SMILES string of the molecule is Cn1c(N2CCOC(c3c(Cl)cccc3Cl)C2)nc(-c2ccncc2)cc1=O. The molecule has 0 N–H and O–H groups in total. The fourth-order valence-corrected chi connectivity index (χ4v) is 3.95. The topological polar surface area (TPSA) is 60.2 Å². The van der Waals surface area contributed by atoms with Crippen LogP contribution >= 0.6 is 23.2 Å². The van der Waals surface area contributed by atoms with Gasteiger partial charge in [0.1, 0.15) is 6.10 Å². The fourth-order valence-electron chi connectivity index (χ4n) is 3.30. The summed E-state index contributed by atoms with van der Waals surface area (Å²) in [4.78, 5) is 23.3. The summed E-state index contributed by atoms with van der Waals surface area (Å²) in [7, 11) is 1.72. The van der Waals surface area contributed by atoms with Crippen LogP contribution < -0.4 is 10.5 Å². The molecule has 3 heterocycles. The van der Waals surface area contributed by atoms with Crippen molar-refractivity contribution in [2.75, 3.05) is 24.6 Å². The van der Waals surface area contributed by atoms with Gasteiger partial charge in [0.25, 0.3) is 5.56 Å². The van der Waals surface area contributed by atoms with Gasteiger partial charge in [-0.3, -0.25) is 14.3 Å². The Hall–Kier alpha value is -2.41. The Kier molecular flexibility index (Phi) is 5.35. The molecule has 6 nitrogen and oxygen atoms in total. The molecular weight excluding hydrogens is 399 g/mol. The van der Waals surface area contributed by atoms with E-state index >= 15 is 0 Å². The lowest BCUT2D eigenvalue weighted by molar-refractivity contribution is 0.0391. The molecule has 0 radical (unpaired) electrons. The van der Waals surface area contributed by atoms with Crippen molar-refractivity contribution >= 4 is 29.2 Å². The molecule has 4 rings (SSSR count). The monoisotopic (exact) mass is 416 g/mol. The van der Waals surface area contributed by atoms with Gasteiger partial charge in [0, 0.05) is 53.2 Å². The Morgan fingerprint density at radius 3 is 2.57 bits per heavy atom. The molecule has 0 saturated carbocycles. The van der Waals surface area contributed by atoms with Crippen LogP contribution in [0.3, 0.4) is 0 Å². The second-order valence-electron chi connectivity index (χ2n) is 6.52. The second kappa shape index (κ2) is 7.91. The van der Waals surface area contributed by atoms with E-state index in [1.54, 1.807) is 42.2 Å². The Morgan fingerprint density at radius 1 is 1.14 bits per heavy atom. The van der Waals surface area contributed by atoms with Crippen LogP contribution in [0.25, 0.3) is 11.3 Å². The first kappa shape index (κ1) is 18.9. The van der Waals surface area contributed by atoms with Gasteiger partial charge in [-0.1, -0.05) is 29.3 Å². The second-order valence-corrected chi connectivity index (χ2v) is 7.33. The summed E-state index contributed by atoms with van der Waals surface area (Å²) in [6, 6.07) is 10.6. The minimum atomic E-state index is -0.309. The van der Waals surface area contributed by atoms with Gasteiger partial charge in [0.15, 0.2) is 0 Å². The Balaban J connectivity index is 1.71. The van der Waals surface area contributed by atoms with Crippen LogP contribution in [0.15, 0.2) is 53.6 Å². The predicted molar refractivity (Wildman–Crippen MR) is 110 cm³/mol. The van der Waals surface area contributed by atoms with Crippen LogP contribution in [0.5, 0.6) is 0 Å². The maximum atomic E-state index is 12.5. The van der Waals surface area contributed by atoms with Gasteiger partial charge >= 0.3 is 0 Å². The zero-order chi connectivity index (χ0) is 19.7. The van der Waals surface area contributed by atoms with Gasteiger partial charge in [-0.05, 0) is 24.3 Å². The average Bonchev–Trinajstić information content (AvgIpc) is 2.71. The molecule has 0 spiro atoms. The van der Waals surface area contributed by atoms with E-state index in [1.165, 1.54) is 6.07 Å². The fraction of sp³-hybridized carbons (Fsp3) is 0.250. The number of hydrogen-bond donors (Lipinski definition) is 0. The summed E-state index contributed by atoms with van der Waals surface area (Å²) >= 11 is 12.7. The maximum absolute atomic E-state index is 12.5. The predicted octanol–water partition coefficient (Wildman–Crippen LogP) is 3.73. The highest BCUT2D eigenvalue weighted by atomic mass is 35.5. The first-order valence-electron chi connectivity index (χ1n) is 8.83. The number of benzene rings is 1. The summed E-state index contributed by atoms with van der Waals surface area (Å²) in [5, 5.41) is 1.12. The molecule has 144 valence electrons. The molecule has 1 aliphatic heterocycles. The van der Waals surface area contributed by atoms with E-state index < -0.39 is 0 Å². The number of nitrogens with zero attached hydrogens (tertiary/aromatic N) is 4. The first-order chi connectivity index (χ1) is 13.5. The zero-order valence-electron chi connectivity index (χ0n) is 15.2. The molecule has 8 heteroatoms. The van der Waals surface area contributed by atoms with Crippen LogP contribution in [-0.2, 0) is 11.8 Å². The van der Waals surface area contributed by atoms with Crippen molar-refractivity contribution < 1.29 is 4.74 Å². The first-order valence-corrected chi connectivity index (χ1v) is 9.59. The molecule has 1 aromatic carbocycles. The molecule has 2 aromatic heterocycles. The molecule has 0 amide bonds. The van der Waals surface area contributed by atoms with Crippen molar-refractivity contribution in [1.82, 2.24) is 14.5 Å². The van der Waals surface area contributed by atoms with Crippen molar-refractivity contribution in [2.45, 2.75) is 6.10 Å². The molecule has 1 fully saturated rings. The molecule has 1 saturated heterocycles. The Morgan fingerprint density at radius 2 is 1.86 bits per heavy atom. The van der Waals surface area contributed by atoms with Crippen LogP contribution in [-0.4, -0.2) is 34.2 Å². The number of anilines is 1. The van der Waals surface area contributed by atoms with E-state index in [4.69, 9.17) is 32.9 Å². The number of pyridine rings is 1. The number of rotatable bonds is 3. The quantitative estimate of drug-likeness (QED) is 0.650. The molecule has 1 unspecified atom stereocenters. The highest BCUT2D eigenvalue weighted by Gasteiger charge is 2.28. The smallest absolute Gasteiger partial charge is 0.255 e. The zero-order valence-corrected chi connectivity index (χ0v) is 16.7. The van der Waals surface area contributed by atoms with E-state index in [0.717, 1.165) is 11.1 Å². The van der Waals surface area contributed by atoms with Crippen molar-refractivity contribution in [3.63, 3.8) is 0 Å². The van der Waals surface area contributed by atoms with Crippen molar-refractivity contribution in [3.05, 3.63) is 74.8 Å². The lowest BCUT2D eigenvalue weighted by Crippen LogP contribution is -2.41. The van der Waals surface area contributed by atoms with Crippen LogP contribution in [0, 0.1) is 0 Å². The molecule has 3 aromatic rings. The summed E-state index contributed by atoms with van der Waals surface area (Å²) in [5.74, 6) is 0.579. The highest BCUT2D eigenvalue weighted by Crippen LogP contribution is 2.35. The number of ether oxygens (including phenoxy) is 1. The molecular formula is C20H18Cl2N4O2. The van der Waals surface area contributed by atoms with Gasteiger partial charge in [0.05, 0.1) is 18.8 Å². The lowest BCUT2D eigenvalue weighted by atomic mass is 10.1. The average molecular weight is 417 g/mol. The number of morpholine rings is 1. The maximum Gasteiger partial charge on any atom is 0.255 e. The lowest BCUT2D eigenvalue weighted by Gasteiger charge is -2.35. The third-order valence-electron chi connectivity index (χ3n) is 4.76. The Bertz CT molecular complexity index is 1040. The third-order valence-corrected chi connectivity index (χ3v) is 5.42. The van der Waals surface area contributed by atoms with Crippen LogP contribution in [0.4, 0.5) is 5.95 Å². The third kappa shape index (κ3) is 3.63. The molecule has 0 aliphatic carbocycles. The van der Waals surface area contributed by atoms with Gasteiger partial charge in [-0.15, -0.1) is 0 Å². The van der Waals surface area contributed by atoms with E-state index in [1.807, 2.05) is 17.0 Å². The highest BCUT2D eigenvalue weighted by molar-refractivity contribution is 6.36. The van der Waals surface area contributed by atoms with E-state index in [2.05, 4.69) is 4.98 Å². The Labute approximate surface area is 172 Å². The summed E-state index contributed by atoms with van der Waals surface area (Å²) < 4.78 is 7.47. The van der Waals surface area contributed by atoms with Crippen molar-refractivity contribution in [1.29, 1.82) is 0 Å². The minimum Gasteiger partial charge on any atom is -0.370 e. The van der Waals surface area contributed by atoms with E-state index in [9.17, 15) is 4.79 Å². The molecule has 28 heavy (non-hydrogen) atoms. The van der Waals surface area contributed by atoms with Crippen LogP contribution in [0.2, 0.25) is 10.0 Å². The number of aromatic nitrogens is 3. The standard InChI is InChI=1S/C20H18Cl2N4O2/c1-25-18(27)11-16(13-5-7-23-8-6-13)24-20(25)26-9-10-28-17(12-26)19-14(21)3-2-4-15(19)22/h2-8,11,17H,9-10,12H2,1H3. The summed E-state index contributed by atoms with van der Waals surface area (Å²) in [6.45, 7) is 1.57. The van der Waals surface area contributed by atoms with E-state index in [-0.39, 0.29) is 11.7 Å². The normalized spacial score (nSPS) is 17.0. The van der Waals surface area contributed by atoms with Crippen molar-refractivity contribution in [2.24, 2.45) is 7.05 Å². The number of halogens is 2. The summed E-state index contributed by atoms with van der Waals surface area (Å²) in [5.41, 5.74) is 2.08. The largest absolute Gasteiger partial charge is 0.370 e. The van der Waals surface area contributed by atoms with Gasteiger partial charge in [-0.2, -0.15) is 0 Å². The van der Waals surface area contributed by atoms with E-state index in [0.29, 0.717) is 41.4 Å².